The van der Waals surface area contributed by atoms with Gasteiger partial charge in [-0.3, -0.25) is 9.59 Å². The van der Waals surface area contributed by atoms with Gasteiger partial charge in [-0.2, -0.15) is 0 Å². The lowest BCUT2D eigenvalue weighted by Crippen LogP contribution is -2.06. The molecule has 1 aromatic carbocycles. The zero-order valence-corrected chi connectivity index (χ0v) is 11.9. The minimum Gasteiger partial charge on any atom is -0.492 e. The Balaban J connectivity index is 2.91. The van der Waals surface area contributed by atoms with Gasteiger partial charge in [-0.1, -0.05) is 23.2 Å². The summed E-state index contributed by atoms with van der Waals surface area (Å²) in [6.07, 6.45) is 0.330. The first-order valence-corrected chi connectivity index (χ1v) is 6.58. The largest absolute Gasteiger partial charge is 0.492 e. The summed E-state index contributed by atoms with van der Waals surface area (Å²) in [5, 5.41) is 9.16. The molecule has 0 spiro atoms. The highest BCUT2D eigenvalue weighted by Gasteiger charge is 2.17. The van der Waals surface area contributed by atoms with E-state index in [4.69, 9.17) is 33.0 Å². The minimum atomic E-state index is -0.929. The first-order chi connectivity index (χ1) is 8.95. The molecule has 0 saturated heterocycles. The lowest BCUT2D eigenvalue weighted by atomic mass is 10.0. The van der Waals surface area contributed by atoms with E-state index >= 15 is 0 Å². The summed E-state index contributed by atoms with van der Waals surface area (Å²) in [6.45, 7) is 2.15. The lowest BCUT2D eigenvalue weighted by Gasteiger charge is -2.11. The Kier molecular flexibility index (Phi) is 6.12. The number of ketones is 1. The summed E-state index contributed by atoms with van der Waals surface area (Å²) >= 11 is 11.9. The number of ether oxygens (including phenoxy) is 1. The zero-order chi connectivity index (χ0) is 14.4. The second-order valence-corrected chi connectivity index (χ2v) is 4.71. The number of hydrogen-bond donors (Lipinski definition) is 1. The fourth-order valence-corrected chi connectivity index (χ4v) is 2.14. The quantitative estimate of drug-likeness (QED) is 0.778. The normalized spacial score (nSPS) is 10.3. The van der Waals surface area contributed by atoms with Crippen LogP contribution in [-0.2, 0) is 4.79 Å². The van der Waals surface area contributed by atoms with Crippen LogP contribution in [0.4, 0.5) is 0 Å². The molecule has 6 heteroatoms. The van der Waals surface area contributed by atoms with Crippen molar-refractivity contribution in [1.29, 1.82) is 0 Å². The summed E-state index contributed by atoms with van der Waals surface area (Å²) in [6, 6.07) is 2.99. The standard InChI is InChI=1S/C13H14Cl2O4/c1-2-19-13-9(6-8(14)7-10(13)15)11(16)4-3-5-12(17)18/h6-7H,2-5H2,1H3,(H,17,18). The Hall–Kier alpha value is -1.26. The maximum Gasteiger partial charge on any atom is 0.303 e. The molecule has 1 aromatic rings. The maximum atomic E-state index is 12.0. The minimum absolute atomic E-state index is 0.0516. The van der Waals surface area contributed by atoms with Crippen LogP contribution in [0.3, 0.4) is 0 Å². The molecule has 0 aliphatic rings. The number of carbonyl (C=O) groups excluding carboxylic acids is 1. The summed E-state index contributed by atoms with van der Waals surface area (Å²) in [7, 11) is 0. The molecule has 19 heavy (non-hydrogen) atoms. The number of hydrogen-bond acceptors (Lipinski definition) is 3. The number of Topliss-reactive ketones (excluding diaryl/α,β-unsaturated/α-hetero) is 1. The molecule has 0 bridgehead atoms. The zero-order valence-electron chi connectivity index (χ0n) is 10.4. The molecule has 0 radical (unpaired) electrons. The van der Waals surface area contributed by atoms with Gasteiger partial charge in [0.2, 0.25) is 0 Å². The van der Waals surface area contributed by atoms with E-state index in [1.165, 1.54) is 12.1 Å². The Bertz CT molecular complexity index is 486. The van der Waals surface area contributed by atoms with E-state index in [-0.39, 0.29) is 30.1 Å². The summed E-state index contributed by atoms with van der Waals surface area (Å²) < 4.78 is 5.34. The van der Waals surface area contributed by atoms with Gasteiger partial charge in [0.05, 0.1) is 17.2 Å². The van der Waals surface area contributed by atoms with E-state index in [2.05, 4.69) is 0 Å². The molecule has 4 nitrogen and oxygen atoms in total. The van der Waals surface area contributed by atoms with Gasteiger partial charge >= 0.3 is 5.97 Å². The summed E-state index contributed by atoms with van der Waals surface area (Å²) in [5.41, 5.74) is 0.296. The average molecular weight is 305 g/mol. The third-order valence-electron chi connectivity index (χ3n) is 2.39. The van der Waals surface area contributed by atoms with Crippen molar-refractivity contribution in [2.24, 2.45) is 0 Å². The topological polar surface area (TPSA) is 63.6 Å². The smallest absolute Gasteiger partial charge is 0.303 e. The van der Waals surface area contributed by atoms with Crippen LogP contribution in [0.15, 0.2) is 12.1 Å². The number of carbonyl (C=O) groups is 2. The Morgan fingerprint density at radius 1 is 1.26 bits per heavy atom. The van der Waals surface area contributed by atoms with Crippen LogP contribution in [-0.4, -0.2) is 23.5 Å². The SMILES string of the molecule is CCOc1c(Cl)cc(Cl)cc1C(=O)CCCC(=O)O. The molecule has 104 valence electrons. The number of carboxylic acids is 1. The highest BCUT2D eigenvalue weighted by atomic mass is 35.5. The summed E-state index contributed by atoms with van der Waals surface area (Å²) in [4.78, 5) is 22.5. The molecule has 0 aliphatic carbocycles. The van der Waals surface area contributed by atoms with Crippen LogP contribution < -0.4 is 4.74 Å². The Morgan fingerprint density at radius 3 is 2.53 bits per heavy atom. The van der Waals surface area contributed by atoms with E-state index in [9.17, 15) is 9.59 Å². The fourth-order valence-electron chi connectivity index (χ4n) is 1.59. The van der Waals surface area contributed by atoms with Crippen molar-refractivity contribution in [3.05, 3.63) is 27.7 Å². The fraction of sp³-hybridized carbons (Fsp3) is 0.385. The van der Waals surface area contributed by atoms with Gasteiger partial charge in [0, 0.05) is 17.9 Å². The molecule has 0 saturated carbocycles. The maximum absolute atomic E-state index is 12.0. The van der Waals surface area contributed by atoms with E-state index in [1.54, 1.807) is 6.92 Å². The molecule has 0 unspecified atom stereocenters. The molecule has 0 heterocycles. The second-order valence-electron chi connectivity index (χ2n) is 3.87. The van der Waals surface area contributed by atoms with E-state index in [0.717, 1.165) is 0 Å². The summed E-state index contributed by atoms with van der Waals surface area (Å²) in [5.74, 6) is -0.857. The van der Waals surface area contributed by atoms with Crippen molar-refractivity contribution in [1.82, 2.24) is 0 Å². The monoisotopic (exact) mass is 304 g/mol. The third kappa shape index (κ3) is 4.73. The highest BCUT2D eigenvalue weighted by molar-refractivity contribution is 6.36. The number of rotatable bonds is 7. The van der Waals surface area contributed by atoms with Crippen LogP contribution in [0.25, 0.3) is 0 Å². The van der Waals surface area contributed by atoms with Gasteiger partial charge in [-0.15, -0.1) is 0 Å². The predicted molar refractivity (Wildman–Crippen MR) is 73.4 cm³/mol. The van der Waals surface area contributed by atoms with E-state index in [1.807, 2.05) is 0 Å². The van der Waals surface area contributed by atoms with Crippen molar-refractivity contribution in [3.63, 3.8) is 0 Å². The van der Waals surface area contributed by atoms with E-state index in [0.29, 0.717) is 22.9 Å². The van der Waals surface area contributed by atoms with Gasteiger partial charge in [0.15, 0.2) is 5.78 Å². The Labute approximate surface area is 121 Å². The third-order valence-corrected chi connectivity index (χ3v) is 2.89. The first-order valence-electron chi connectivity index (χ1n) is 5.82. The highest BCUT2D eigenvalue weighted by Crippen LogP contribution is 2.33. The molecule has 1 N–H and O–H groups in total. The molecular formula is C13H14Cl2O4. The molecule has 0 aromatic heterocycles. The Morgan fingerprint density at radius 2 is 1.95 bits per heavy atom. The average Bonchev–Trinajstić information content (AvgIpc) is 2.31. The molecule has 1 rings (SSSR count). The molecule has 0 atom stereocenters. The van der Waals surface area contributed by atoms with Gasteiger partial charge in [0.25, 0.3) is 0 Å². The van der Waals surface area contributed by atoms with Crippen LogP contribution in [0.5, 0.6) is 5.75 Å². The van der Waals surface area contributed by atoms with Crippen LogP contribution >= 0.6 is 23.2 Å². The molecule has 0 aliphatic heterocycles. The van der Waals surface area contributed by atoms with Gasteiger partial charge in [0.1, 0.15) is 5.75 Å². The van der Waals surface area contributed by atoms with Gasteiger partial charge in [-0.25, -0.2) is 0 Å². The van der Waals surface area contributed by atoms with Crippen molar-refractivity contribution in [2.75, 3.05) is 6.61 Å². The van der Waals surface area contributed by atoms with Crippen LogP contribution in [0.1, 0.15) is 36.5 Å². The van der Waals surface area contributed by atoms with E-state index < -0.39 is 5.97 Å². The molecule has 0 amide bonds. The number of benzene rings is 1. The second kappa shape index (κ2) is 7.36. The lowest BCUT2D eigenvalue weighted by molar-refractivity contribution is -0.137. The van der Waals surface area contributed by atoms with Crippen molar-refractivity contribution < 1.29 is 19.4 Å². The van der Waals surface area contributed by atoms with Gasteiger partial charge in [-0.05, 0) is 25.5 Å². The van der Waals surface area contributed by atoms with Crippen molar-refractivity contribution >= 4 is 35.0 Å². The first kappa shape index (κ1) is 15.8. The van der Waals surface area contributed by atoms with Crippen molar-refractivity contribution in [2.45, 2.75) is 26.2 Å². The number of aliphatic carboxylic acids is 1. The van der Waals surface area contributed by atoms with Crippen molar-refractivity contribution in [3.8, 4) is 5.75 Å². The number of halogens is 2. The van der Waals surface area contributed by atoms with Gasteiger partial charge < -0.3 is 9.84 Å². The number of carboxylic acid groups (broad SMARTS) is 1. The van der Waals surface area contributed by atoms with Crippen LogP contribution in [0.2, 0.25) is 10.0 Å². The molecular weight excluding hydrogens is 291 g/mol. The predicted octanol–water partition coefficient (Wildman–Crippen LogP) is 3.83. The molecule has 0 fully saturated rings. The van der Waals surface area contributed by atoms with Crippen LogP contribution in [0, 0.1) is 0 Å².